The van der Waals surface area contributed by atoms with Gasteiger partial charge in [0.25, 0.3) is 0 Å². The third-order valence-corrected chi connectivity index (χ3v) is 4.08. The second-order valence-corrected chi connectivity index (χ2v) is 6.05. The molecule has 4 nitrogen and oxygen atoms in total. The molecule has 1 aromatic carbocycles. The first-order valence-electron chi connectivity index (χ1n) is 8.10. The summed E-state index contributed by atoms with van der Waals surface area (Å²) in [5, 5.41) is 0. The van der Waals surface area contributed by atoms with Gasteiger partial charge in [0.15, 0.2) is 11.5 Å². The van der Waals surface area contributed by atoms with E-state index in [1.165, 1.54) is 23.6 Å². The number of hydrogen-bond donors (Lipinski definition) is 0. The molecule has 0 saturated carbocycles. The Morgan fingerprint density at radius 1 is 1.21 bits per heavy atom. The molecule has 1 heterocycles. The minimum absolute atomic E-state index is 0.363. The van der Waals surface area contributed by atoms with Crippen molar-refractivity contribution in [2.24, 2.45) is 0 Å². The fourth-order valence-corrected chi connectivity index (χ4v) is 3.06. The Balaban J connectivity index is 1.99. The number of allylic oxidation sites excluding steroid dienone is 1. The second-order valence-electron chi connectivity index (χ2n) is 6.05. The Bertz CT molecular complexity index is 809. The van der Waals surface area contributed by atoms with Crippen LogP contribution in [-0.2, 0) is 11.2 Å². The highest BCUT2D eigenvalue weighted by atomic mass is 16.6. The van der Waals surface area contributed by atoms with Gasteiger partial charge < -0.3 is 9.47 Å². The number of ether oxygens (including phenoxy) is 2. The van der Waals surface area contributed by atoms with Crippen LogP contribution in [0, 0.1) is 6.92 Å². The zero-order valence-electron chi connectivity index (χ0n) is 14.3. The lowest BCUT2D eigenvalue weighted by Gasteiger charge is -2.18. The second kappa shape index (κ2) is 6.87. The van der Waals surface area contributed by atoms with E-state index >= 15 is 0 Å². The molecule has 0 spiro atoms. The van der Waals surface area contributed by atoms with E-state index in [-0.39, 0.29) is 5.97 Å². The maximum absolute atomic E-state index is 11.3. The molecule has 0 saturated heterocycles. The van der Waals surface area contributed by atoms with Crippen LogP contribution >= 0.6 is 0 Å². The summed E-state index contributed by atoms with van der Waals surface area (Å²) in [4.78, 5) is 15.9. The van der Waals surface area contributed by atoms with E-state index in [1.54, 1.807) is 7.11 Å². The summed E-state index contributed by atoms with van der Waals surface area (Å²) in [6.07, 6.45) is 7.22. The average molecular weight is 323 g/mol. The van der Waals surface area contributed by atoms with E-state index in [0.717, 1.165) is 30.5 Å². The first-order chi connectivity index (χ1) is 11.6. The summed E-state index contributed by atoms with van der Waals surface area (Å²) in [5.74, 6) is 0.621. The number of methoxy groups -OCH3 is 1. The van der Waals surface area contributed by atoms with E-state index in [9.17, 15) is 4.79 Å². The number of fused-ring (bicyclic) bond motifs is 1. The number of pyridine rings is 1. The molecule has 0 atom stereocenters. The number of benzene rings is 1. The monoisotopic (exact) mass is 323 g/mol. The van der Waals surface area contributed by atoms with Crippen molar-refractivity contribution in [1.29, 1.82) is 0 Å². The highest BCUT2D eigenvalue weighted by molar-refractivity contribution is 5.83. The van der Waals surface area contributed by atoms with Crippen LogP contribution in [0.25, 0.3) is 11.6 Å². The fourth-order valence-electron chi connectivity index (χ4n) is 3.06. The topological polar surface area (TPSA) is 48.4 Å². The van der Waals surface area contributed by atoms with E-state index in [1.807, 2.05) is 24.4 Å². The number of hydrogen-bond acceptors (Lipinski definition) is 4. The van der Waals surface area contributed by atoms with Crippen LogP contribution in [0.4, 0.5) is 0 Å². The van der Waals surface area contributed by atoms with Crippen molar-refractivity contribution < 1.29 is 14.3 Å². The van der Waals surface area contributed by atoms with Gasteiger partial charge in [-0.05, 0) is 66.7 Å². The number of rotatable bonds is 3. The molecule has 1 aliphatic rings. The third-order valence-electron chi connectivity index (χ3n) is 4.08. The number of esters is 1. The molecule has 1 aromatic heterocycles. The quantitative estimate of drug-likeness (QED) is 0.627. The van der Waals surface area contributed by atoms with E-state index in [0.29, 0.717) is 11.5 Å². The van der Waals surface area contributed by atoms with E-state index in [2.05, 4.69) is 24.1 Å². The van der Waals surface area contributed by atoms with Crippen LogP contribution in [0.1, 0.15) is 42.1 Å². The van der Waals surface area contributed by atoms with Gasteiger partial charge in [0, 0.05) is 13.1 Å². The number of carbonyl (C=O) groups is 1. The Kier molecular flexibility index (Phi) is 4.65. The Morgan fingerprint density at radius 3 is 2.79 bits per heavy atom. The number of nitrogens with zero attached hydrogens (tertiary/aromatic N) is 1. The molecule has 2 aromatic rings. The summed E-state index contributed by atoms with van der Waals surface area (Å²) < 4.78 is 10.5. The van der Waals surface area contributed by atoms with Crippen LogP contribution in [0.3, 0.4) is 0 Å². The van der Waals surface area contributed by atoms with Gasteiger partial charge in [-0.1, -0.05) is 12.1 Å². The van der Waals surface area contributed by atoms with Gasteiger partial charge in [0.2, 0.25) is 0 Å². The zero-order valence-corrected chi connectivity index (χ0v) is 14.3. The van der Waals surface area contributed by atoms with Crippen molar-refractivity contribution in [3.63, 3.8) is 0 Å². The molecule has 0 aliphatic heterocycles. The minimum atomic E-state index is -0.363. The maximum atomic E-state index is 11.3. The molecule has 24 heavy (non-hydrogen) atoms. The highest BCUT2D eigenvalue weighted by Gasteiger charge is 2.16. The molecule has 1 aliphatic carbocycles. The first kappa shape index (κ1) is 16.2. The summed E-state index contributed by atoms with van der Waals surface area (Å²) in [7, 11) is 1.56. The molecule has 4 heteroatoms. The van der Waals surface area contributed by atoms with Crippen molar-refractivity contribution in [3.8, 4) is 11.5 Å². The SMILES string of the molecule is COc1ccc(/C=C2\CCCc3cc(C)cnc32)cc1OC(C)=O. The third kappa shape index (κ3) is 3.48. The van der Waals surface area contributed by atoms with Crippen LogP contribution in [0.5, 0.6) is 11.5 Å². The molecule has 0 N–H and O–H groups in total. The molecule has 0 bridgehead atoms. The largest absolute Gasteiger partial charge is 0.493 e. The van der Waals surface area contributed by atoms with Gasteiger partial charge in [0.05, 0.1) is 12.8 Å². The minimum Gasteiger partial charge on any atom is -0.493 e. The summed E-state index contributed by atoms with van der Waals surface area (Å²) >= 11 is 0. The van der Waals surface area contributed by atoms with Crippen molar-refractivity contribution in [2.45, 2.75) is 33.1 Å². The lowest BCUT2D eigenvalue weighted by molar-refractivity contribution is -0.132. The van der Waals surface area contributed by atoms with Crippen molar-refractivity contribution >= 4 is 17.6 Å². The molecular weight excluding hydrogens is 302 g/mol. The van der Waals surface area contributed by atoms with Crippen LogP contribution in [0.15, 0.2) is 30.5 Å². The molecule has 0 radical (unpaired) electrons. The maximum Gasteiger partial charge on any atom is 0.308 e. The van der Waals surface area contributed by atoms with Crippen molar-refractivity contribution in [2.75, 3.05) is 7.11 Å². The smallest absolute Gasteiger partial charge is 0.308 e. The lowest BCUT2D eigenvalue weighted by Crippen LogP contribution is -2.05. The Hall–Kier alpha value is -2.62. The predicted octanol–water partition coefficient (Wildman–Crippen LogP) is 4.20. The summed E-state index contributed by atoms with van der Waals surface area (Å²) in [6.45, 7) is 3.45. The van der Waals surface area contributed by atoms with Crippen molar-refractivity contribution in [3.05, 3.63) is 52.8 Å². The summed E-state index contributed by atoms with van der Waals surface area (Å²) in [6, 6.07) is 7.82. The van der Waals surface area contributed by atoms with Gasteiger partial charge in [-0.25, -0.2) is 0 Å². The number of aryl methyl sites for hydroxylation is 2. The first-order valence-corrected chi connectivity index (χ1v) is 8.10. The molecule has 124 valence electrons. The lowest BCUT2D eigenvalue weighted by atomic mass is 9.89. The van der Waals surface area contributed by atoms with Crippen molar-refractivity contribution in [1.82, 2.24) is 4.98 Å². The van der Waals surface area contributed by atoms with Gasteiger partial charge >= 0.3 is 5.97 Å². The molecule has 0 amide bonds. The van der Waals surface area contributed by atoms with E-state index < -0.39 is 0 Å². The zero-order chi connectivity index (χ0) is 17.1. The molecule has 0 fully saturated rings. The summed E-state index contributed by atoms with van der Waals surface area (Å²) in [5.41, 5.74) is 5.77. The molecule has 3 rings (SSSR count). The van der Waals surface area contributed by atoms with Crippen LogP contribution in [0.2, 0.25) is 0 Å². The standard InChI is InChI=1S/C20H21NO3/c1-13-9-16-5-4-6-17(20(16)21-12-13)10-15-7-8-18(23-3)19(11-15)24-14(2)22/h7-12H,4-6H2,1-3H3/b17-10+. The molecule has 0 unspecified atom stereocenters. The van der Waals surface area contributed by atoms with Crippen LogP contribution in [-0.4, -0.2) is 18.1 Å². The van der Waals surface area contributed by atoms with Crippen LogP contribution < -0.4 is 9.47 Å². The fraction of sp³-hybridized carbons (Fsp3) is 0.300. The normalized spacial score (nSPS) is 15.0. The van der Waals surface area contributed by atoms with Gasteiger partial charge in [-0.2, -0.15) is 0 Å². The predicted molar refractivity (Wildman–Crippen MR) is 94.1 cm³/mol. The number of aromatic nitrogens is 1. The van der Waals surface area contributed by atoms with Gasteiger partial charge in [-0.3, -0.25) is 9.78 Å². The highest BCUT2D eigenvalue weighted by Crippen LogP contribution is 2.34. The Morgan fingerprint density at radius 2 is 2.04 bits per heavy atom. The molecular formula is C20H21NO3. The van der Waals surface area contributed by atoms with Gasteiger partial charge in [-0.15, -0.1) is 0 Å². The average Bonchev–Trinajstić information content (AvgIpc) is 2.54. The number of carbonyl (C=O) groups excluding carboxylic acids is 1. The Labute approximate surface area is 142 Å². The van der Waals surface area contributed by atoms with E-state index in [4.69, 9.17) is 9.47 Å². The van der Waals surface area contributed by atoms with Gasteiger partial charge in [0.1, 0.15) is 0 Å².